The standard InChI is InChI=1S/C18H25N5O2/c1-14(2)11-16-13-25-10-9-23(16)18(24)20-17-6-8-22(21-17)12-15-5-3-4-7-19-15/h3-8,14,16H,9-13H2,1-2H3,(H,20,21,24)/t16-/m1/s1. The van der Waals surface area contributed by atoms with Crippen molar-refractivity contribution < 1.29 is 9.53 Å². The lowest BCUT2D eigenvalue weighted by Crippen LogP contribution is -2.50. The van der Waals surface area contributed by atoms with Crippen molar-refractivity contribution in [3.63, 3.8) is 0 Å². The summed E-state index contributed by atoms with van der Waals surface area (Å²) >= 11 is 0. The SMILES string of the molecule is CC(C)C[C@@H]1COCCN1C(=O)Nc1ccn(Cc2ccccn2)n1. The third-order valence-electron chi connectivity index (χ3n) is 4.16. The number of carbonyl (C=O) groups excluding carboxylic acids is 1. The highest BCUT2D eigenvalue weighted by atomic mass is 16.5. The van der Waals surface area contributed by atoms with Crippen LogP contribution in [0.1, 0.15) is 26.0 Å². The summed E-state index contributed by atoms with van der Waals surface area (Å²) < 4.78 is 7.30. The Hall–Kier alpha value is -2.41. The topological polar surface area (TPSA) is 72.3 Å². The van der Waals surface area contributed by atoms with Crippen molar-refractivity contribution in [1.29, 1.82) is 0 Å². The Morgan fingerprint density at radius 3 is 3.04 bits per heavy atom. The van der Waals surface area contributed by atoms with E-state index in [1.807, 2.05) is 29.3 Å². The number of hydrogen-bond acceptors (Lipinski definition) is 4. The number of pyridine rings is 1. The maximum Gasteiger partial charge on any atom is 0.323 e. The van der Waals surface area contributed by atoms with E-state index in [0.717, 1.165) is 12.1 Å². The van der Waals surface area contributed by atoms with Crippen molar-refractivity contribution >= 4 is 11.8 Å². The van der Waals surface area contributed by atoms with Gasteiger partial charge in [-0.25, -0.2) is 4.79 Å². The number of ether oxygens (including phenoxy) is 1. The lowest BCUT2D eigenvalue weighted by Gasteiger charge is -2.36. The average molecular weight is 343 g/mol. The van der Waals surface area contributed by atoms with Crippen LogP contribution >= 0.6 is 0 Å². The van der Waals surface area contributed by atoms with Crippen molar-refractivity contribution in [3.05, 3.63) is 42.4 Å². The first-order valence-corrected chi connectivity index (χ1v) is 8.70. The number of morpholine rings is 1. The fourth-order valence-electron chi connectivity index (χ4n) is 3.02. The van der Waals surface area contributed by atoms with Crippen LogP contribution in [0.3, 0.4) is 0 Å². The zero-order valence-corrected chi connectivity index (χ0v) is 14.8. The van der Waals surface area contributed by atoms with Gasteiger partial charge in [0.15, 0.2) is 5.82 Å². The number of nitrogens with one attached hydrogen (secondary N) is 1. The fraction of sp³-hybridized carbons (Fsp3) is 0.500. The summed E-state index contributed by atoms with van der Waals surface area (Å²) in [5.41, 5.74) is 0.925. The molecule has 1 aliphatic rings. The van der Waals surface area contributed by atoms with E-state index in [1.165, 1.54) is 0 Å². The van der Waals surface area contributed by atoms with Gasteiger partial charge in [0.1, 0.15) is 0 Å². The molecule has 1 saturated heterocycles. The van der Waals surface area contributed by atoms with Gasteiger partial charge in [-0.1, -0.05) is 19.9 Å². The summed E-state index contributed by atoms with van der Waals surface area (Å²) in [4.78, 5) is 18.8. The third-order valence-corrected chi connectivity index (χ3v) is 4.16. The van der Waals surface area contributed by atoms with Crippen molar-refractivity contribution in [2.75, 3.05) is 25.1 Å². The molecule has 3 heterocycles. The van der Waals surface area contributed by atoms with Crippen molar-refractivity contribution in [2.45, 2.75) is 32.9 Å². The Kier molecular flexibility index (Phi) is 5.65. The lowest BCUT2D eigenvalue weighted by atomic mass is 10.0. The van der Waals surface area contributed by atoms with Gasteiger partial charge in [-0.15, -0.1) is 0 Å². The minimum absolute atomic E-state index is 0.114. The van der Waals surface area contributed by atoms with Gasteiger partial charge in [-0.05, 0) is 24.5 Å². The summed E-state index contributed by atoms with van der Waals surface area (Å²) in [6.45, 7) is 6.67. The molecule has 1 fully saturated rings. The van der Waals surface area contributed by atoms with Gasteiger partial charge < -0.3 is 9.64 Å². The maximum absolute atomic E-state index is 12.6. The van der Waals surface area contributed by atoms with Crippen LogP contribution in [-0.2, 0) is 11.3 Å². The fourth-order valence-corrected chi connectivity index (χ4v) is 3.02. The number of carbonyl (C=O) groups is 1. The van der Waals surface area contributed by atoms with Crippen LogP contribution in [0, 0.1) is 5.92 Å². The molecule has 1 aliphatic heterocycles. The predicted molar refractivity (Wildman–Crippen MR) is 95.4 cm³/mol. The molecule has 1 N–H and O–H groups in total. The normalized spacial score (nSPS) is 17.7. The van der Waals surface area contributed by atoms with E-state index in [1.54, 1.807) is 16.9 Å². The van der Waals surface area contributed by atoms with E-state index in [2.05, 4.69) is 29.2 Å². The lowest BCUT2D eigenvalue weighted by molar-refractivity contribution is 0.00855. The highest BCUT2D eigenvalue weighted by Crippen LogP contribution is 2.17. The molecule has 0 aliphatic carbocycles. The molecule has 2 amide bonds. The van der Waals surface area contributed by atoms with Crippen molar-refractivity contribution in [1.82, 2.24) is 19.7 Å². The van der Waals surface area contributed by atoms with Crippen LogP contribution in [0.5, 0.6) is 0 Å². The number of aromatic nitrogens is 3. The monoisotopic (exact) mass is 343 g/mol. The predicted octanol–water partition coefficient (Wildman–Crippen LogP) is 2.61. The van der Waals surface area contributed by atoms with E-state index in [-0.39, 0.29) is 12.1 Å². The third kappa shape index (κ3) is 4.79. The van der Waals surface area contributed by atoms with Gasteiger partial charge in [-0.2, -0.15) is 5.10 Å². The second kappa shape index (κ2) is 8.11. The van der Waals surface area contributed by atoms with Crippen molar-refractivity contribution in [2.24, 2.45) is 5.92 Å². The number of rotatable bonds is 5. The first-order valence-electron chi connectivity index (χ1n) is 8.70. The highest BCUT2D eigenvalue weighted by molar-refractivity contribution is 5.88. The van der Waals surface area contributed by atoms with Crippen LogP contribution in [0.25, 0.3) is 0 Å². The quantitative estimate of drug-likeness (QED) is 0.906. The van der Waals surface area contributed by atoms with E-state index in [4.69, 9.17) is 4.74 Å². The van der Waals surface area contributed by atoms with Gasteiger partial charge in [0.05, 0.1) is 31.5 Å². The molecular formula is C18H25N5O2. The molecule has 25 heavy (non-hydrogen) atoms. The summed E-state index contributed by atoms with van der Waals surface area (Å²) in [6.07, 6.45) is 4.53. The van der Waals surface area contributed by atoms with Crippen LogP contribution in [0.4, 0.5) is 10.6 Å². The second-order valence-corrected chi connectivity index (χ2v) is 6.70. The molecule has 0 spiro atoms. The zero-order valence-electron chi connectivity index (χ0n) is 14.8. The smallest absolute Gasteiger partial charge is 0.323 e. The minimum atomic E-state index is -0.114. The maximum atomic E-state index is 12.6. The molecule has 2 aromatic rings. The van der Waals surface area contributed by atoms with Crippen LogP contribution in [0.2, 0.25) is 0 Å². The molecule has 2 aromatic heterocycles. The molecule has 0 bridgehead atoms. The van der Waals surface area contributed by atoms with Gasteiger partial charge in [0.2, 0.25) is 0 Å². The Balaban J connectivity index is 1.60. The summed E-state index contributed by atoms with van der Waals surface area (Å²) in [5, 5.41) is 7.31. The van der Waals surface area contributed by atoms with Crippen LogP contribution < -0.4 is 5.32 Å². The molecule has 0 saturated carbocycles. The van der Waals surface area contributed by atoms with Gasteiger partial charge in [-0.3, -0.25) is 15.0 Å². The molecule has 1 atom stereocenters. The molecule has 7 heteroatoms. The Labute approximate surface area is 148 Å². The number of urea groups is 1. The molecule has 3 rings (SSSR count). The largest absolute Gasteiger partial charge is 0.377 e. The van der Waals surface area contributed by atoms with E-state index < -0.39 is 0 Å². The van der Waals surface area contributed by atoms with Gasteiger partial charge >= 0.3 is 6.03 Å². The van der Waals surface area contributed by atoms with Gasteiger partial charge in [0, 0.05) is 25.0 Å². The summed E-state index contributed by atoms with van der Waals surface area (Å²) in [5.74, 6) is 1.07. The second-order valence-electron chi connectivity index (χ2n) is 6.70. The van der Waals surface area contributed by atoms with Crippen LogP contribution in [-0.4, -0.2) is 51.5 Å². The summed E-state index contributed by atoms with van der Waals surface area (Å²) in [6, 6.07) is 7.58. The summed E-state index contributed by atoms with van der Waals surface area (Å²) in [7, 11) is 0. The number of amides is 2. The van der Waals surface area contributed by atoms with E-state index >= 15 is 0 Å². The zero-order chi connectivity index (χ0) is 17.6. The molecule has 0 unspecified atom stereocenters. The number of hydrogen-bond donors (Lipinski definition) is 1. The molecular weight excluding hydrogens is 318 g/mol. The Bertz CT molecular complexity index is 686. The molecule has 0 aromatic carbocycles. The Morgan fingerprint density at radius 1 is 1.40 bits per heavy atom. The van der Waals surface area contributed by atoms with Crippen molar-refractivity contribution in [3.8, 4) is 0 Å². The van der Waals surface area contributed by atoms with E-state index in [9.17, 15) is 4.79 Å². The van der Waals surface area contributed by atoms with Crippen LogP contribution in [0.15, 0.2) is 36.7 Å². The average Bonchev–Trinajstić information content (AvgIpc) is 3.02. The molecule has 7 nitrogen and oxygen atoms in total. The first-order chi connectivity index (χ1) is 12.1. The minimum Gasteiger partial charge on any atom is -0.377 e. The number of anilines is 1. The number of nitrogens with zero attached hydrogens (tertiary/aromatic N) is 4. The Morgan fingerprint density at radius 2 is 2.28 bits per heavy atom. The van der Waals surface area contributed by atoms with E-state index in [0.29, 0.717) is 38.0 Å². The van der Waals surface area contributed by atoms with Gasteiger partial charge in [0.25, 0.3) is 0 Å². The molecule has 0 radical (unpaired) electrons. The first kappa shape index (κ1) is 17.4. The highest BCUT2D eigenvalue weighted by Gasteiger charge is 2.28. The molecule has 134 valence electrons.